The second-order valence-electron chi connectivity index (χ2n) is 4.82. The number of urea groups is 1. The number of amides is 2. The van der Waals surface area contributed by atoms with Gasteiger partial charge in [-0.15, -0.1) is 0 Å². The Kier molecular flexibility index (Phi) is 6.02. The molecule has 0 radical (unpaired) electrons. The van der Waals surface area contributed by atoms with E-state index in [0.717, 1.165) is 5.69 Å². The molecule has 1 N–H and O–H groups in total. The minimum atomic E-state index is -0.909. The fourth-order valence-electron chi connectivity index (χ4n) is 1.88. The van der Waals surface area contributed by atoms with Gasteiger partial charge in [0.2, 0.25) is 0 Å². The van der Waals surface area contributed by atoms with Crippen molar-refractivity contribution in [2.24, 2.45) is 5.92 Å². The van der Waals surface area contributed by atoms with Crippen LogP contribution in [-0.2, 0) is 4.79 Å². The molecule has 0 fully saturated rings. The van der Waals surface area contributed by atoms with E-state index >= 15 is 0 Å². The number of methoxy groups -OCH3 is 1. The minimum absolute atomic E-state index is 0.186. The molecule has 0 aromatic heterocycles. The van der Waals surface area contributed by atoms with Gasteiger partial charge < -0.3 is 14.7 Å². The summed E-state index contributed by atoms with van der Waals surface area (Å²) >= 11 is 0. The maximum Gasteiger partial charge on any atom is 0.324 e. The zero-order chi connectivity index (χ0) is 16.0. The summed E-state index contributed by atoms with van der Waals surface area (Å²) in [6.07, 6.45) is 0. The summed E-state index contributed by atoms with van der Waals surface area (Å²) in [4.78, 5) is 26.3. The highest BCUT2D eigenvalue weighted by atomic mass is 16.5. The summed E-state index contributed by atoms with van der Waals surface area (Å²) in [7, 11) is 3.24. The van der Waals surface area contributed by atoms with Crippen LogP contribution < -0.4 is 9.64 Å². The first kappa shape index (κ1) is 16.8. The van der Waals surface area contributed by atoms with Gasteiger partial charge in [0.1, 0.15) is 5.75 Å². The monoisotopic (exact) mass is 294 g/mol. The molecule has 0 aliphatic heterocycles. The van der Waals surface area contributed by atoms with Gasteiger partial charge in [-0.05, 0) is 31.2 Å². The SMILES string of the molecule is CCN(CC(C)C(=O)O)C(=O)N(C)c1ccc(OC)cc1. The fourth-order valence-corrected chi connectivity index (χ4v) is 1.88. The number of aliphatic carboxylic acids is 1. The molecule has 6 nitrogen and oxygen atoms in total. The Balaban J connectivity index is 2.80. The van der Waals surface area contributed by atoms with Crippen molar-refractivity contribution in [3.05, 3.63) is 24.3 Å². The van der Waals surface area contributed by atoms with Crippen molar-refractivity contribution in [2.75, 3.05) is 32.1 Å². The van der Waals surface area contributed by atoms with Crippen LogP contribution in [0.3, 0.4) is 0 Å². The number of benzene rings is 1. The first-order valence-corrected chi connectivity index (χ1v) is 6.80. The molecule has 2 amide bonds. The number of rotatable bonds is 6. The number of carboxylic acids is 1. The topological polar surface area (TPSA) is 70.1 Å². The molecular formula is C15H22N2O4. The van der Waals surface area contributed by atoms with E-state index in [9.17, 15) is 9.59 Å². The average molecular weight is 294 g/mol. The molecule has 6 heteroatoms. The summed E-state index contributed by atoms with van der Waals surface area (Å²) in [5.74, 6) is -0.794. The Morgan fingerprint density at radius 2 is 1.86 bits per heavy atom. The van der Waals surface area contributed by atoms with Gasteiger partial charge >= 0.3 is 12.0 Å². The zero-order valence-electron chi connectivity index (χ0n) is 12.9. The van der Waals surface area contributed by atoms with Gasteiger partial charge in [-0.2, -0.15) is 0 Å². The Morgan fingerprint density at radius 1 is 1.29 bits per heavy atom. The molecule has 1 aromatic rings. The summed E-state index contributed by atoms with van der Waals surface area (Å²) < 4.78 is 5.08. The lowest BCUT2D eigenvalue weighted by Gasteiger charge is -2.28. The van der Waals surface area contributed by atoms with E-state index in [1.807, 2.05) is 6.92 Å². The van der Waals surface area contributed by atoms with E-state index in [4.69, 9.17) is 9.84 Å². The molecular weight excluding hydrogens is 272 g/mol. The van der Waals surface area contributed by atoms with Gasteiger partial charge in [0, 0.05) is 25.8 Å². The Labute approximate surface area is 124 Å². The van der Waals surface area contributed by atoms with Crippen LogP contribution in [0.2, 0.25) is 0 Å². The Morgan fingerprint density at radius 3 is 2.29 bits per heavy atom. The van der Waals surface area contributed by atoms with Gasteiger partial charge in [-0.1, -0.05) is 6.92 Å². The van der Waals surface area contributed by atoms with E-state index in [-0.39, 0.29) is 12.6 Å². The van der Waals surface area contributed by atoms with Gasteiger partial charge in [-0.3, -0.25) is 9.69 Å². The largest absolute Gasteiger partial charge is 0.497 e. The van der Waals surface area contributed by atoms with Crippen LogP contribution in [0.25, 0.3) is 0 Å². The molecule has 1 atom stereocenters. The third-order valence-corrected chi connectivity index (χ3v) is 3.31. The number of hydrogen-bond acceptors (Lipinski definition) is 3. The molecule has 0 bridgehead atoms. The second-order valence-corrected chi connectivity index (χ2v) is 4.82. The van der Waals surface area contributed by atoms with E-state index in [1.165, 1.54) is 9.80 Å². The van der Waals surface area contributed by atoms with Gasteiger partial charge in [-0.25, -0.2) is 4.79 Å². The van der Waals surface area contributed by atoms with Crippen LogP contribution in [0.5, 0.6) is 5.75 Å². The lowest BCUT2D eigenvalue weighted by atomic mass is 10.2. The lowest BCUT2D eigenvalue weighted by Crippen LogP contribution is -2.44. The maximum atomic E-state index is 12.4. The van der Waals surface area contributed by atoms with Crippen molar-refractivity contribution in [3.63, 3.8) is 0 Å². The quantitative estimate of drug-likeness (QED) is 0.874. The van der Waals surface area contributed by atoms with Crippen molar-refractivity contribution in [2.45, 2.75) is 13.8 Å². The van der Waals surface area contributed by atoms with Crippen molar-refractivity contribution in [1.29, 1.82) is 0 Å². The fraction of sp³-hybridized carbons (Fsp3) is 0.467. The second kappa shape index (κ2) is 7.52. The predicted octanol–water partition coefficient (Wildman–Crippen LogP) is 2.29. The normalized spacial score (nSPS) is 11.6. The van der Waals surface area contributed by atoms with Crippen molar-refractivity contribution < 1.29 is 19.4 Å². The number of ether oxygens (including phenoxy) is 1. The lowest BCUT2D eigenvalue weighted by molar-refractivity contribution is -0.141. The van der Waals surface area contributed by atoms with Crippen molar-refractivity contribution >= 4 is 17.7 Å². The van der Waals surface area contributed by atoms with Crippen LogP contribution in [-0.4, -0.2) is 49.3 Å². The molecule has 1 aromatic carbocycles. The molecule has 0 aliphatic carbocycles. The molecule has 1 rings (SSSR count). The van der Waals surface area contributed by atoms with E-state index < -0.39 is 11.9 Å². The van der Waals surface area contributed by atoms with Crippen LogP contribution in [0.1, 0.15) is 13.8 Å². The molecule has 0 heterocycles. The zero-order valence-corrected chi connectivity index (χ0v) is 12.9. The summed E-state index contributed by atoms with van der Waals surface area (Å²) in [5, 5.41) is 8.96. The van der Waals surface area contributed by atoms with Crippen LogP contribution >= 0.6 is 0 Å². The molecule has 0 aliphatic rings. The Hall–Kier alpha value is -2.24. The maximum absolute atomic E-state index is 12.4. The number of nitrogens with zero attached hydrogens (tertiary/aromatic N) is 2. The smallest absolute Gasteiger partial charge is 0.324 e. The number of carboxylic acid groups (broad SMARTS) is 1. The van der Waals surface area contributed by atoms with E-state index in [1.54, 1.807) is 45.3 Å². The third-order valence-electron chi connectivity index (χ3n) is 3.31. The molecule has 116 valence electrons. The van der Waals surface area contributed by atoms with Crippen LogP contribution in [0, 0.1) is 5.92 Å². The molecule has 0 saturated heterocycles. The van der Waals surface area contributed by atoms with Gasteiger partial charge in [0.05, 0.1) is 13.0 Å². The number of carbonyl (C=O) groups is 2. The highest BCUT2D eigenvalue weighted by molar-refractivity contribution is 5.91. The number of hydrogen-bond donors (Lipinski definition) is 1. The first-order valence-electron chi connectivity index (χ1n) is 6.80. The number of anilines is 1. The number of carbonyl (C=O) groups excluding carboxylic acids is 1. The molecule has 0 spiro atoms. The molecule has 1 unspecified atom stereocenters. The van der Waals surface area contributed by atoms with Gasteiger partial charge in [0.25, 0.3) is 0 Å². The van der Waals surface area contributed by atoms with E-state index in [2.05, 4.69) is 0 Å². The molecule has 0 saturated carbocycles. The van der Waals surface area contributed by atoms with Gasteiger partial charge in [0.15, 0.2) is 0 Å². The summed E-state index contributed by atoms with van der Waals surface area (Å²) in [5.41, 5.74) is 0.724. The summed E-state index contributed by atoms with van der Waals surface area (Å²) in [6.45, 7) is 4.06. The first-order chi connectivity index (χ1) is 9.90. The molecule has 21 heavy (non-hydrogen) atoms. The average Bonchev–Trinajstić information content (AvgIpc) is 2.50. The highest BCUT2D eigenvalue weighted by Gasteiger charge is 2.22. The van der Waals surface area contributed by atoms with Crippen molar-refractivity contribution in [3.8, 4) is 5.75 Å². The van der Waals surface area contributed by atoms with E-state index in [0.29, 0.717) is 12.3 Å². The highest BCUT2D eigenvalue weighted by Crippen LogP contribution is 2.19. The minimum Gasteiger partial charge on any atom is -0.497 e. The predicted molar refractivity (Wildman–Crippen MR) is 80.8 cm³/mol. The van der Waals surface area contributed by atoms with Crippen LogP contribution in [0.4, 0.5) is 10.5 Å². The Bertz CT molecular complexity index is 487. The van der Waals surface area contributed by atoms with Crippen LogP contribution in [0.15, 0.2) is 24.3 Å². The summed E-state index contributed by atoms with van der Waals surface area (Å²) in [6, 6.07) is 6.89. The van der Waals surface area contributed by atoms with Crippen molar-refractivity contribution in [1.82, 2.24) is 4.90 Å². The standard InChI is InChI=1S/C15H22N2O4/c1-5-17(10-11(2)14(18)19)15(20)16(3)12-6-8-13(21-4)9-7-12/h6-9,11H,5,10H2,1-4H3,(H,18,19). The third kappa shape index (κ3) is 4.37.